The number of anilines is 1. The quantitative estimate of drug-likeness (QED) is 0.569. The fraction of sp³-hybridized carbons (Fsp3) is 0.375. The van der Waals surface area contributed by atoms with E-state index in [0.29, 0.717) is 29.7 Å². The van der Waals surface area contributed by atoms with E-state index in [2.05, 4.69) is 29.2 Å². The summed E-state index contributed by atoms with van der Waals surface area (Å²) in [6, 6.07) is 11.9. The van der Waals surface area contributed by atoms with Crippen LogP contribution in [-0.2, 0) is 16.1 Å². The highest BCUT2D eigenvalue weighted by Gasteiger charge is 2.13. The van der Waals surface area contributed by atoms with Crippen LogP contribution in [0.5, 0.6) is 11.5 Å². The standard InChI is InChI=1S/C24H29ClN2O4/c1-4-31-22-16-19(15-21(25)24(22)29-3)7-10-23(28)26(2)17-18-5-8-20(9-6-18)27-11-13-30-14-12-27/h5-10,15-16H,4,11-14,17H2,1-3H3/b10-7+. The zero-order valence-electron chi connectivity index (χ0n) is 18.3. The number of benzene rings is 2. The van der Waals surface area contributed by atoms with Crippen LogP contribution in [-0.4, -0.2) is 57.9 Å². The summed E-state index contributed by atoms with van der Waals surface area (Å²) in [5.41, 5.74) is 3.03. The molecule has 6 nitrogen and oxygen atoms in total. The van der Waals surface area contributed by atoms with Crippen molar-refractivity contribution in [2.24, 2.45) is 0 Å². The minimum atomic E-state index is -0.0952. The lowest BCUT2D eigenvalue weighted by atomic mass is 10.1. The Bertz CT molecular complexity index is 909. The summed E-state index contributed by atoms with van der Waals surface area (Å²) in [5, 5.41) is 0.439. The normalized spacial score (nSPS) is 14.0. The minimum Gasteiger partial charge on any atom is -0.491 e. The number of carbonyl (C=O) groups is 1. The molecule has 3 rings (SSSR count). The van der Waals surface area contributed by atoms with E-state index >= 15 is 0 Å². The number of methoxy groups -OCH3 is 1. The van der Waals surface area contributed by atoms with E-state index in [1.807, 2.05) is 13.0 Å². The number of amides is 1. The first kappa shape index (κ1) is 23.0. The molecule has 1 fully saturated rings. The molecule has 0 aromatic heterocycles. The molecule has 0 aliphatic carbocycles. The SMILES string of the molecule is CCOc1cc(/C=C/C(=O)N(C)Cc2ccc(N3CCOCC3)cc2)cc(Cl)c1OC. The molecule has 0 saturated carbocycles. The van der Waals surface area contributed by atoms with Gasteiger partial charge in [-0.15, -0.1) is 0 Å². The number of morpholine rings is 1. The molecule has 1 aliphatic rings. The number of ether oxygens (including phenoxy) is 3. The molecule has 2 aromatic carbocycles. The Morgan fingerprint density at radius 3 is 2.58 bits per heavy atom. The molecule has 1 heterocycles. The first-order chi connectivity index (χ1) is 15.0. The van der Waals surface area contributed by atoms with Crippen LogP contribution in [0, 0.1) is 0 Å². The van der Waals surface area contributed by atoms with Gasteiger partial charge in [0.1, 0.15) is 0 Å². The maximum atomic E-state index is 12.6. The van der Waals surface area contributed by atoms with Crippen molar-refractivity contribution in [3.05, 3.63) is 58.6 Å². The molecular formula is C24H29ClN2O4. The smallest absolute Gasteiger partial charge is 0.246 e. The zero-order chi connectivity index (χ0) is 22.2. The van der Waals surface area contributed by atoms with Gasteiger partial charge in [-0.2, -0.15) is 0 Å². The summed E-state index contributed by atoms with van der Waals surface area (Å²) in [4.78, 5) is 16.6. The molecule has 0 bridgehead atoms. The van der Waals surface area contributed by atoms with Crippen molar-refractivity contribution in [2.75, 3.05) is 52.0 Å². The summed E-state index contributed by atoms with van der Waals surface area (Å²) in [6.07, 6.45) is 3.27. The van der Waals surface area contributed by atoms with Crippen LogP contribution in [0.25, 0.3) is 6.08 Å². The van der Waals surface area contributed by atoms with Gasteiger partial charge in [0, 0.05) is 38.4 Å². The Kier molecular flexibility index (Phi) is 8.20. The van der Waals surface area contributed by atoms with Crippen LogP contribution in [0.3, 0.4) is 0 Å². The first-order valence-electron chi connectivity index (χ1n) is 10.4. The molecule has 0 unspecified atom stereocenters. The van der Waals surface area contributed by atoms with E-state index in [9.17, 15) is 4.79 Å². The van der Waals surface area contributed by atoms with Gasteiger partial charge in [0.05, 0.1) is 32.0 Å². The maximum Gasteiger partial charge on any atom is 0.246 e. The van der Waals surface area contributed by atoms with Gasteiger partial charge < -0.3 is 24.0 Å². The van der Waals surface area contributed by atoms with Crippen molar-refractivity contribution in [2.45, 2.75) is 13.5 Å². The molecule has 1 amide bonds. The molecule has 0 spiro atoms. The molecule has 0 radical (unpaired) electrons. The van der Waals surface area contributed by atoms with Gasteiger partial charge >= 0.3 is 0 Å². The highest BCUT2D eigenvalue weighted by Crippen LogP contribution is 2.36. The van der Waals surface area contributed by atoms with Crippen molar-refractivity contribution >= 4 is 29.3 Å². The third kappa shape index (κ3) is 6.15. The molecule has 1 saturated heterocycles. The zero-order valence-corrected chi connectivity index (χ0v) is 19.0. The lowest BCUT2D eigenvalue weighted by molar-refractivity contribution is -0.125. The second-order valence-corrected chi connectivity index (χ2v) is 7.67. The van der Waals surface area contributed by atoms with Gasteiger partial charge in [0.15, 0.2) is 11.5 Å². The second kappa shape index (κ2) is 11.1. The number of likely N-dealkylation sites (N-methyl/N-ethyl adjacent to an activating group) is 1. The number of rotatable bonds is 8. The Balaban J connectivity index is 1.62. The van der Waals surface area contributed by atoms with Crippen LogP contribution in [0.4, 0.5) is 5.69 Å². The third-order valence-electron chi connectivity index (χ3n) is 5.06. The average Bonchev–Trinajstić information content (AvgIpc) is 2.78. The summed E-state index contributed by atoms with van der Waals surface area (Å²) in [5.74, 6) is 0.949. The average molecular weight is 445 g/mol. The highest BCUT2D eigenvalue weighted by atomic mass is 35.5. The Hall–Kier alpha value is -2.70. The van der Waals surface area contributed by atoms with Crippen molar-refractivity contribution in [1.29, 1.82) is 0 Å². The lowest BCUT2D eigenvalue weighted by Crippen LogP contribution is -2.36. The van der Waals surface area contributed by atoms with Gasteiger partial charge in [-0.25, -0.2) is 0 Å². The highest BCUT2D eigenvalue weighted by molar-refractivity contribution is 6.32. The van der Waals surface area contributed by atoms with Crippen molar-refractivity contribution < 1.29 is 19.0 Å². The van der Waals surface area contributed by atoms with Gasteiger partial charge in [0.25, 0.3) is 0 Å². The third-order valence-corrected chi connectivity index (χ3v) is 5.34. The largest absolute Gasteiger partial charge is 0.491 e. The van der Waals surface area contributed by atoms with Gasteiger partial charge in [-0.3, -0.25) is 4.79 Å². The number of carbonyl (C=O) groups excluding carboxylic acids is 1. The molecule has 2 aromatic rings. The summed E-state index contributed by atoms with van der Waals surface area (Å²) >= 11 is 6.28. The van der Waals surface area contributed by atoms with Crippen molar-refractivity contribution in [3.8, 4) is 11.5 Å². The summed E-state index contributed by atoms with van der Waals surface area (Å²) < 4.78 is 16.3. The van der Waals surface area contributed by atoms with E-state index in [1.54, 1.807) is 31.2 Å². The predicted octanol–water partition coefficient (Wildman–Crippen LogP) is 4.26. The van der Waals surface area contributed by atoms with Gasteiger partial charge in [0.2, 0.25) is 5.91 Å². The van der Waals surface area contributed by atoms with Crippen LogP contribution >= 0.6 is 11.6 Å². The van der Waals surface area contributed by atoms with Crippen molar-refractivity contribution in [1.82, 2.24) is 4.90 Å². The van der Waals surface area contributed by atoms with Crippen LogP contribution in [0.15, 0.2) is 42.5 Å². The van der Waals surface area contributed by atoms with E-state index in [-0.39, 0.29) is 5.91 Å². The Labute approximate surface area is 188 Å². The Morgan fingerprint density at radius 1 is 1.23 bits per heavy atom. The van der Waals surface area contributed by atoms with Crippen molar-refractivity contribution in [3.63, 3.8) is 0 Å². The molecule has 0 N–H and O–H groups in total. The second-order valence-electron chi connectivity index (χ2n) is 7.26. The lowest BCUT2D eigenvalue weighted by Gasteiger charge is -2.29. The van der Waals surface area contributed by atoms with E-state index in [1.165, 1.54) is 11.8 Å². The molecule has 166 valence electrons. The van der Waals surface area contributed by atoms with Crippen LogP contribution in [0.1, 0.15) is 18.1 Å². The fourth-order valence-corrected chi connectivity index (χ4v) is 3.72. The topological polar surface area (TPSA) is 51.2 Å². The van der Waals surface area contributed by atoms with Crippen LogP contribution in [0.2, 0.25) is 5.02 Å². The van der Waals surface area contributed by atoms with E-state index in [4.69, 9.17) is 25.8 Å². The number of halogens is 1. The van der Waals surface area contributed by atoms with E-state index in [0.717, 1.165) is 37.4 Å². The molecule has 7 heteroatoms. The van der Waals surface area contributed by atoms with E-state index < -0.39 is 0 Å². The first-order valence-corrected chi connectivity index (χ1v) is 10.7. The molecule has 1 aliphatic heterocycles. The summed E-state index contributed by atoms with van der Waals surface area (Å²) in [6.45, 7) is 6.24. The fourth-order valence-electron chi connectivity index (χ4n) is 3.43. The predicted molar refractivity (Wildman–Crippen MR) is 124 cm³/mol. The molecule has 0 atom stereocenters. The minimum absolute atomic E-state index is 0.0952. The van der Waals surface area contributed by atoms with Gasteiger partial charge in [-0.05, 0) is 48.4 Å². The number of hydrogen-bond acceptors (Lipinski definition) is 5. The number of hydrogen-bond donors (Lipinski definition) is 0. The number of nitrogens with zero attached hydrogens (tertiary/aromatic N) is 2. The monoisotopic (exact) mass is 444 g/mol. The Morgan fingerprint density at radius 2 is 1.94 bits per heavy atom. The van der Waals surface area contributed by atoms with Crippen LogP contribution < -0.4 is 14.4 Å². The molecule has 31 heavy (non-hydrogen) atoms. The maximum absolute atomic E-state index is 12.6. The van der Waals surface area contributed by atoms with Gasteiger partial charge in [-0.1, -0.05) is 23.7 Å². The summed E-state index contributed by atoms with van der Waals surface area (Å²) in [7, 11) is 3.33. The molecular weight excluding hydrogens is 416 g/mol.